The Balaban J connectivity index is 1.86. The van der Waals surface area contributed by atoms with Crippen molar-refractivity contribution in [3.63, 3.8) is 0 Å². The van der Waals surface area contributed by atoms with Crippen LogP contribution < -0.4 is 0 Å². The van der Waals surface area contributed by atoms with Gasteiger partial charge in [0.05, 0.1) is 18.3 Å². The Morgan fingerprint density at radius 2 is 2.17 bits per heavy atom. The van der Waals surface area contributed by atoms with Gasteiger partial charge in [0, 0.05) is 13.1 Å². The molecule has 2 aliphatic rings. The molecule has 1 aliphatic carbocycles. The molecule has 2 rings (SSSR count). The van der Waals surface area contributed by atoms with Crippen LogP contribution in [0.4, 0.5) is 0 Å². The van der Waals surface area contributed by atoms with E-state index in [1.807, 2.05) is 32.6 Å². The molecule has 1 saturated carbocycles. The molecular formula is C14H25NO3. The molecule has 1 saturated heterocycles. The highest BCUT2D eigenvalue weighted by Crippen LogP contribution is 2.29. The van der Waals surface area contributed by atoms with Gasteiger partial charge in [-0.05, 0) is 46.5 Å². The van der Waals surface area contributed by atoms with Crippen molar-refractivity contribution in [2.45, 2.75) is 58.3 Å². The van der Waals surface area contributed by atoms with E-state index in [1.165, 1.54) is 12.8 Å². The topological polar surface area (TPSA) is 38.8 Å². The van der Waals surface area contributed by atoms with E-state index in [-0.39, 0.29) is 23.7 Å². The van der Waals surface area contributed by atoms with E-state index >= 15 is 0 Å². The van der Waals surface area contributed by atoms with Gasteiger partial charge in [0.2, 0.25) is 0 Å². The zero-order chi connectivity index (χ0) is 13.3. The Morgan fingerprint density at radius 1 is 1.50 bits per heavy atom. The molecule has 1 aliphatic heterocycles. The van der Waals surface area contributed by atoms with Crippen molar-refractivity contribution in [2.24, 2.45) is 5.92 Å². The van der Waals surface area contributed by atoms with Crippen LogP contribution in [0.15, 0.2) is 0 Å². The number of nitrogens with zero attached hydrogens (tertiary/aromatic N) is 1. The standard InChI is InChI=1S/C14H25NO3/c1-10-7-15(9-14(3,4)18-10)13(16)11(2)17-8-12-5-6-12/h10-12H,5-9H2,1-4H3. The summed E-state index contributed by atoms with van der Waals surface area (Å²) in [4.78, 5) is 14.2. The van der Waals surface area contributed by atoms with Gasteiger partial charge in [-0.15, -0.1) is 0 Å². The Labute approximate surface area is 110 Å². The lowest BCUT2D eigenvalue weighted by Crippen LogP contribution is -2.55. The highest BCUT2D eigenvalue weighted by atomic mass is 16.5. The van der Waals surface area contributed by atoms with E-state index in [9.17, 15) is 4.79 Å². The van der Waals surface area contributed by atoms with Crippen LogP contribution in [0.5, 0.6) is 0 Å². The fraction of sp³-hybridized carbons (Fsp3) is 0.929. The van der Waals surface area contributed by atoms with Crippen molar-refractivity contribution in [1.29, 1.82) is 0 Å². The summed E-state index contributed by atoms with van der Waals surface area (Å²) in [5.74, 6) is 0.791. The number of hydrogen-bond donors (Lipinski definition) is 0. The van der Waals surface area contributed by atoms with Crippen molar-refractivity contribution in [3.05, 3.63) is 0 Å². The summed E-state index contributed by atoms with van der Waals surface area (Å²) in [5, 5.41) is 0. The van der Waals surface area contributed by atoms with E-state index in [2.05, 4.69) is 0 Å². The van der Waals surface area contributed by atoms with Crippen molar-refractivity contribution in [2.75, 3.05) is 19.7 Å². The molecule has 2 atom stereocenters. The van der Waals surface area contributed by atoms with Gasteiger partial charge in [0.1, 0.15) is 6.10 Å². The summed E-state index contributed by atoms with van der Waals surface area (Å²) < 4.78 is 11.5. The van der Waals surface area contributed by atoms with E-state index in [0.717, 1.165) is 6.61 Å². The third kappa shape index (κ3) is 3.69. The summed E-state index contributed by atoms with van der Waals surface area (Å²) in [6, 6.07) is 0. The Bertz CT molecular complexity index is 312. The van der Waals surface area contributed by atoms with Crippen LogP contribution in [0.2, 0.25) is 0 Å². The van der Waals surface area contributed by atoms with Crippen molar-refractivity contribution in [1.82, 2.24) is 4.90 Å². The second kappa shape index (κ2) is 5.17. The van der Waals surface area contributed by atoms with Gasteiger partial charge in [0.25, 0.3) is 5.91 Å². The minimum absolute atomic E-state index is 0.0910. The largest absolute Gasteiger partial charge is 0.369 e. The number of ether oxygens (including phenoxy) is 2. The van der Waals surface area contributed by atoms with Crippen molar-refractivity contribution in [3.8, 4) is 0 Å². The zero-order valence-electron chi connectivity index (χ0n) is 11.9. The average molecular weight is 255 g/mol. The summed E-state index contributed by atoms with van der Waals surface area (Å²) in [7, 11) is 0. The molecule has 0 aromatic rings. The molecule has 0 aromatic carbocycles. The molecule has 0 aromatic heterocycles. The predicted octanol–water partition coefficient (Wildman–Crippen LogP) is 1.83. The van der Waals surface area contributed by atoms with Crippen LogP contribution in [-0.4, -0.2) is 48.3 Å². The molecule has 4 heteroatoms. The lowest BCUT2D eigenvalue weighted by atomic mass is 10.1. The molecule has 2 unspecified atom stereocenters. The van der Waals surface area contributed by atoms with Gasteiger partial charge in [-0.3, -0.25) is 4.79 Å². The molecule has 2 fully saturated rings. The first-order valence-electron chi connectivity index (χ1n) is 6.95. The normalized spacial score (nSPS) is 29.1. The van der Waals surface area contributed by atoms with Crippen molar-refractivity contribution >= 4 is 5.91 Å². The molecule has 18 heavy (non-hydrogen) atoms. The Hall–Kier alpha value is -0.610. The quantitative estimate of drug-likeness (QED) is 0.769. The van der Waals surface area contributed by atoms with Gasteiger partial charge in [-0.2, -0.15) is 0 Å². The summed E-state index contributed by atoms with van der Waals surface area (Å²) in [6.07, 6.45) is 2.27. The number of morpholine rings is 1. The van der Waals surface area contributed by atoms with E-state index in [1.54, 1.807) is 0 Å². The lowest BCUT2D eigenvalue weighted by molar-refractivity contribution is -0.167. The van der Waals surface area contributed by atoms with E-state index < -0.39 is 0 Å². The average Bonchev–Trinajstić information content (AvgIpc) is 3.05. The Kier molecular flexibility index (Phi) is 3.97. The molecule has 0 bridgehead atoms. The molecule has 4 nitrogen and oxygen atoms in total. The first-order valence-corrected chi connectivity index (χ1v) is 6.95. The SMILES string of the molecule is CC1CN(C(=O)C(C)OCC2CC2)CC(C)(C)O1. The predicted molar refractivity (Wildman–Crippen MR) is 69.3 cm³/mol. The molecule has 104 valence electrons. The molecular weight excluding hydrogens is 230 g/mol. The maximum absolute atomic E-state index is 12.3. The third-order valence-electron chi connectivity index (χ3n) is 3.51. The molecule has 1 amide bonds. The van der Waals surface area contributed by atoms with Gasteiger partial charge in [-0.25, -0.2) is 0 Å². The monoisotopic (exact) mass is 255 g/mol. The van der Waals surface area contributed by atoms with Crippen LogP contribution in [-0.2, 0) is 14.3 Å². The number of hydrogen-bond acceptors (Lipinski definition) is 3. The highest BCUT2D eigenvalue weighted by Gasteiger charge is 2.35. The summed E-state index contributed by atoms with van der Waals surface area (Å²) in [6.45, 7) is 9.97. The van der Waals surface area contributed by atoms with Crippen LogP contribution in [0.3, 0.4) is 0 Å². The van der Waals surface area contributed by atoms with Gasteiger partial charge >= 0.3 is 0 Å². The van der Waals surface area contributed by atoms with E-state index in [0.29, 0.717) is 19.0 Å². The van der Waals surface area contributed by atoms with Crippen LogP contribution >= 0.6 is 0 Å². The van der Waals surface area contributed by atoms with Gasteiger partial charge in [-0.1, -0.05) is 0 Å². The molecule has 0 radical (unpaired) electrons. The fourth-order valence-electron chi connectivity index (χ4n) is 2.51. The van der Waals surface area contributed by atoms with Crippen LogP contribution in [0.1, 0.15) is 40.5 Å². The lowest BCUT2D eigenvalue weighted by Gasteiger charge is -2.42. The number of carbonyl (C=O) groups is 1. The van der Waals surface area contributed by atoms with Crippen LogP contribution in [0, 0.1) is 5.92 Å². The second-order valence-electron chi connectivity index (χ2n) is 6.33. The van der Waals surface area contributed by atoms with Gasteiger partial charge < -0.3 is 14.4 Å². The fourth-order valence-corrected chi connectivity index (χ4v) is 2.51. The highest BCUT2D eigenvalue weighted by molar-refractivity contribution is 5.80. The number of rotatable bonds is 4. The molecule has 0 N–H and O–H groups in total. The summed E-state index contributed by atoms with van der Waals surface area (Å²) >= 11 is 0. The van der Waals surface area contributed by atoms with E-state index in [4.69, 9.17) is 9.47 Å². The first kappa shape index (κ1) is 13.8. The zero-order valence-corrected chi connectivity index (χ0v) is 11.9. The second-order valence-corrected chi connectivity index (χ2v) is 6.33. The molecule has 1 heterocycles. The van der Waals surface area contributed by atoms with Gasteiger partial charge in [0.15, 0.2) is 0 Å². The number of amides is 1. The summed E-state index contributed by atoms with van der Waals surface area (Å²) in [5.41, 5.74) is -0.260. The maximum Gasteiger partial charge on any atom is 0.251 e. The first-order chi connectivity index (χ1) is 8.37. The number of carbonyl (C=O) groups excluding carboxylic acids is 1. The smallest absolute Gasteiger partial charge is 0.251 e. The maximum atomic E-state index is 12.3. The van der Waals surface area contributed by atoms with Crippen LogP contribution in [0.25, 0.3) is 0 Å². The Morgan fingerprint density at radius 3 is 2.72 bits per heavy atom. The van der Waals surface area contributed by atoms with Crippen molar-refractivity contribution < 1.29 is 14.3 Å². The minimum atomic E-state index is -0.327. The minimum Gasteiger partial charge on any atom is -0.369 e. The third-order valence-corrected chi connectivity index (χ3v) is 3.51. The molecule has 0 spiro atoms.